The maximum atomic E-state index is 12.5. The lowest BCUT2D eigenvalue weighted by molar-refractivity contribution is 0.222. The molecule has 0 unspecified atom stereocenters. The molecule has 2 aromatic rings. The molecule has 0 N–H and O–H groups in total. The summed E-state index contributed by atoms with van der Waals surface area (Å²) in [5.74, 6) is 0. The van der Waals surface area contributed by atoms with Crippen LogP contribution in [0.4, 0.5) is 0 Å². The summed E-state index contributed by atoms with van der Waals surface area (Å²) in [4.78, 5) is 15.0. The Kier molecular flexibility index (Phi) is 3.94. The van der Waals surface area contributed by atoms with E-state index in [1.54, 1.807) is 11.5 Å². The van der Waals surface area contributed by atoms with Crippen LogP contribution in [0.1, 0.15) is 30.4 Å². The molecule has 0 spiro atoms. The van der Waals surface area contributed by atoms with Gasteiger partial charge in [-0.2, -0.15) is 0 Å². The smallest absolute Gasteiger partial charge is 0.268 e. The van der Waals surface area contributed by atoms with Crippen LogP contribution < -0.4 is 5.56 Å². The molecule has 20 heavy (non-hydrogen) atoms. The van der Waals surface area contributed by atoms with Crippen molar-refractivity contribution in [2.24, 2.45) is 0 Å². The summed E-state index contributed by atoms with van der Waals surface area (Å²) < 4.78 is 3.07. The molecule has 0 atom stereocenters. The Balaban J connectivity index is 1.83. The van der Waals surface area contributed by atoms with E-state index in [4.69, 9.17) is 0 Å². The van der Waals surface area contributed by atoms with Crippen molar-refractivity contribution in [2.45, 2.75) is 39.7 Å². The van der Waals surface area contributed by atoms with Gasteiger partial charge in [0, 0.05) is 13.1 Å². The Morgan fingerprint density at radius 1 is 1.10 bits per heavy atom. The van der Waals surface area contributed by atoms with Gasteiger partial charge in [0.1, 0.15) is 0 Å². The molecule has 0 amide bonds. The molecule has 0 saturated carbocycles. The average molecular weight is 290 g/mol. The highest BCUT2D eigenvalue weighted by molar-refractivity contribution is 7.13. The largest absolute Gasteiger partial charge is 0.302 e. The zero-order chi connectivity index (χ0) is 14.1. The third-order valence-corrected chi connectivity index (χ3v) is 5.25. The normalized spacial score (nSPS) is 16.9. The van der Waals surface area contributed by atoms with E-state index in [1.807, 2.05) is 10.9 Å². The highest BCUT2D eigenvalue weighted by Crippen LogP contribution is 2.22. The Hall–Kier alpha value is -1.13. The molecule has 0 radical (unpaired) electrons. The highest BCUT2D eigenvalue weighted by Gasteiger charge is 2.13. The van der Waals surface area contributed by atoms with Gasteiger partial charge in [-0.05, 0) is 57.0 Å². The monoisotopic (exact) mass is 290 g/mol. The second-order valence-electron chi connectivity index (χ2n) is 5.86. The quantitative estimate of drug-likeness (QED) is 0.867. The number of fused-ring (bicyclic) bond motifs is 1. The summed E-state index contributed by atoms with van der Waals surface area (Å²) in [6, 6.07) is 4.23. The van der Waals surface area contributed by atoms with Gasteiger partial charge in [0.2, 0.25) is 0 Å². The van der Waals surface area contributed by atoms with Crippen molar-refractivity contribution in [3.63, 3.8) is 0 Å². The summed E-state index contributed by atoms with van der Waals surface area (Å²) in [5.41, 5.74) is 2.54. The van der Waals surface area contributed by atoms with Crippen molar-refractivity contribution in [3.8, 4) is 0 Å². The van der Waals surface area contributed by atoms with Crippen LogP contribution in [0.5, 0.6) is 0 Å². The van der Waals surface area contributed by atoms with Gasteiger partial charge in [0.05, 0.1) is 10.1 Å². The molecule has 1 fully saturated rings. The maximum Gasteiger partial charge on any atom is 0.268 e. The van der Waals surface area contributed by atoms with E-state index in [9.17, 15) is 4.79 Å². The molecule has 1 aromatic carbocycles. The number of likely N-dealkylation sites (tertiary alicyclic amines) is 1. The first-order valence-corrected chi connectivity index (χ1v) is 8.26. The topological polar surface area (TPSA) is 25.2 Å². The number of nitrogens with zero attached hydrogens (tertiary/aromatic N) is 2. The molecule has 3 nitrogen and oxygen atoms in total. The van der Waals surface area contributed by atoms with Gasteiger partial charge >= 0.3 is 0 Å². The molecule has 0 bridgehead atoms. The van der Waals surface area contributed by atoms with Crippen molar-refractivity contribution in [3.05, 3.63) is 33.6 Å². The van der Waals surface area contributed by atoms with Gasteiger partial charge in [-0.1, -0.05) is 24.0 Å². The predicted octanol–water partition coefficient (Wildman–Crippen LogP) is 3.17. The first-order valence-electron chi connectivity index (χ1n) is 7.48. The van der Waals surface area contributed by atoms with Gasteiger partial charge in [-0.25, -0.2) is 0 Å². The van der Waals surface area contributed by atoms with Crippen LogP contribution in [-0.2, 0) is 6.54 Å². The van der Waals surface area contributed by atoms with Crippen molar-refractivity contribution in [1.29, 1.82) is 0 Å². The number of hydrogen-bond acceptors (Lipinski definition) is 3. The number of benzene rings is 1. The van der Waals surface area contributed by atoms with E-state index in [0.29, 0.717) is 0 Å². The molecule has 0 aliphatic carbocycles. The fourth-order valence-electron chi connectivity index (χ4n) is 3.12. The number of hydrogen-bond donors (Lipinski definition) is 0. The minimum atomic E-state index is 0.194. The Morgan fingerprint density at radius 3 is 2.60 bits per heavy atom. The van der Waals surface area contributed by atoms with E-state index in [-0.39, 0.29) is 5.56 Å². The maximum absolute atomic E-state index is 12.5. The van der Waals surface area contributed by atoms with Gasteiger partial charge in [-0.3, -0.25) is 8.75 Å². The molecular formula is C16H22N2OS. The van der Waals surface area contributed by atoms with E-state index < -0.39 is 0 Å². The second kappa shape index (κ2) is 5.70. The first-order chi connectivity index (χ1) is 9.65. The number of aromatic nitrogens is 1. The van der Waals surface area contributed by atoms with E-state index in [2.05, 4.69) is 24.0 Å². The van der Waals surface area contributed by atoms with E-state index in [0.717, 1.165) is 28.7 Å². The predicted molar refractivity (Wildman–Crippen MR) is 85.9 cm³/mol. The Bertz CT molecular complexity index is 665. The standard InChI is InChI=1S/C16H22N2OS/c1-12-10-13(2)15-14(11-12)20-18(16(15)19)9-8-17-6-4-3-5-7-17/h10-11H,3-9H2,1-2H3. The van der Waals surface area contributed by atoms with E-state index >= 15 is 0 Å². The van der Waals surface area contributed by atoms with Crippen molar-refractivity contribution in [1.82, 2.24) is 8.86 Å². The fourth-order valence-corrected chi connectivity index (χ4v) is 4.28. The molecule has 1 aliphatic rings. The number of aryl methyl sites for hydroxylation is 2. The van der Waals surface area contributed by atoms with Gasteiger partial charge in [-0.15, -0.1) is 0 Å². The summed E-state index contributed by atoms with van der Waals surface area (Å²) in [7, 11) is 0. The molecule has 108 valence electrons. The fraction of sp³-hybridized carbons (Fsp3) is 0.562. The minimum absolute atomic E-state index is 0.194. The number of piperidine rings is 1. The second-order valence-corrected chi connectivity index (χ2v) is 6.92. The summed E-state index contributed by atoms with van der Waals surface area (Å²) >= 11 is 1.62. The van der Waals surface area contributed by atoms with Crippen molar-refractivity contribution in [2.75, 3.05) is 19.6 Å². The molecule has 1 saturated heterocycles. The van der Waals surface area contributed by atoms with Gasteiger partial charge in [0.15, 0.2) is 0 Å². The minimum Gasteiger partial charge on any atom is -0.302 e. The lowest BCUT2D eigenvalue weighted by atomic mass is 10.1. The molecule has 1 aromatic heterocycles. The lowest BCUT2D eigenvalue weighted by Crippen LogP contribution is -2.33. The van der Waals surface area contributed by atoms with Crippen molar-refractivity contribution >= 4 is 21.6 Å². The molecule has 3 rings (SSSR count). The third-order valence-electron chi connectivity index (χ3n) is 4.16. The van der Waals surface area contributed by atoms with Crippen LogP contribution >= 0.6 is 11.5 Å². The SMILES string of the molecule is Cc1cc(C)c2c(=O)n(CCN3CCCCC3)sc2c1. The van der Waals surface area contributed by atoms with E-state index in [1.165, 1.54) is 37.9 Å². The summed E-state index contributed by atoms with van der Waals surface area (Å²) in [5, 5.41) is 0.916. The molecular weight excluding hydrogens is 268 g/mol. The Morgan fingerprint density at radius 2 is 1.85 bits per heavy atom. The van der Waals surface area contributed by atoms with Crippen LogP contribution in [-0.4, -0.2) is 28.5 Å². The zero-order valence-electron chi connectivity index (χ0n) is 12.3. The van der Waals surface area contributed by atoms with Crippen LogP contribution in [0.25, 0.3) is 10.1 Å². The van der Waals surface area contributed by atoms with Gasteiger partial charge < -0.3 is 4.90 Å². The first kappa shape index (κ1) is 13.8. The van der Waals surface area contributed by atoms with Crippen LogP contribution in [0, 0.1) is 13.8 Å². The lowest BCUT2D eigenvalue weighted by Gasteiger charge is -2.26. The number of rotatable bonds is 3. The van der Waals surface area contributed by atoms with Crippen LogP contribution in [0.2, 0.25) is 0 Å². The Labute approximate surface area is 124 Å². The average Bonchev–Trinajstić information content (AvgIpc) is 2.74. The third kappa shape index (κ3) is 2.67. The van der Waals surface area contributed by atoms with Gasteiger partial charge in [0.25, 0.3) is 5.56 Å². The zero-order valence-corrected chi connectivity index (χ0v) is 13.1. The van der Waals surface area contributed by atoms with Crippen LogP contribution in [0.3, 0.4) is 0 Å². The van der Waals surface area contributed by atoms with Crippen molar-refractivity contribution < 1.29 is 0 Å². The van der Waals surface area contributed by atoms with Crippen LogP contribution in [0.15, 0.2) is 16.9 Å². The summed E-state index contributed by atoms with van der Waals surface area (Å²) in [6.07, 6.45) is 3.97. The summed E-state index contributed by atoms with van der Waals surface area (Å²) in [6.45, 7) is 8.35. The molecule has 2 heterocycles. The highest BCUT2D eigenvalue weighted by atomic mass is 32.1. The molecule has 1 aliphatic heterocycles. The molecule has 4 heteroatoms.